The van der Waals surface area contributed by atoms with E-state index in [1.165, 1.54) is 0 Å². The van der Waals surface area contributed by atoms with E-state index in [1.54, 1.807) is 0 Å². The van der Waals surface area contributed by atoms with Gasteiger partial charge in [-0.2, -0.15) is 0 Å². The van der Waals surface area contributed by atoms with Gasteiger partial charge in [0.15, 0.2) is 5.78 Å². The van der Waals surface area contributed by atoms with Crippen molar-refractivity contribution in [2.45, 2.75) is 33.1 Å². The minimum Gasteiger partial charge on any atom is -0.374 e. The second-order valence-electron chi connectivity index (χ2n) is 4.06. The van der Waals surface area contributed by atoms with Crippen LogP contribution < -0.4 is 4.90 Å². The van der Waals surface area contributed by atoms with Gasteiger partial charge in [0.2, 0.25) is 0 Å². The highest BCUT2D eigenvalue weighted by atomic mass is 16.1. The largest absolute Gasteiger partial charge is 0.374 e. The van der Waals surface area contributed by atoms with Gasteiger partial charge in [-0.25, -0.2) is 0 Å². The van der Waals surface area contributed by atoms with E-state index in [2.05, 4.69) is 18.7 Å². The average Bonchev–Trinajstić information content (AvgIpc) is 2.35. The zero-order chi connectivity index (χ0) is 12.0. The molecule has 0 unspecified atom stereocenters. The van der Waals surface area contributed by atoms with Crippen molar-refractivity contribution in [2.24, 2.45) is 0 Å². The van der Waals surface area contributed by atoms with Crippen LogP contribution in [0.3, 0.4) is 0 Å². The summed E-state index contributed by atoms with van der Waals surface area (Å²) in [6.07, 6.45) is 2.70. The first-order valence-corrected chi connectivity index (χ1v) is 6.04. The molecule has 0 fully saturated rings. The molecule has 16 heavy (non-hydrogen) atoms. The molecular formula is C14H21NO. The number of ketones is 1. The molecule has 2 nitrogen and oxygen atoms in total. The van der Waals surface area contributed by atoms with Crippen LogP contribution in [-0.4, -0.2) is 19.4 Å². The fraction of sp³-hybridized carbons (Fsp3) is 0.500. The molecule has 2 heteroatoms. The Morgan fingerprint density at radius 1 is 1.25 bits per heavy atom. The number of Topliss-reactive ketones (excluding diaryl/α,β-unsaturated/α-hetero) is 1. The maximum Gasteiger partial charge on any atom is 0.164 e. The fourth-order valence-corrected chi connectivity index (χ4v) is 1.68. The van der Waals surface area contributed by atoms with Gasteiger partial charge in [-0.3, -0.25) is 4.79 Å². The summed E-state index contributed by atoms with van der Waals surface area (Å²) in [7, 11) is 2.02. The van der Waals surface area contributed by atoms with Crippen molar-refractivity contribution < 1.29 is 4.79 Å². The third-order valence-electron chi connectivity index (χ3n) is 2.85. The lowest BCUT2D eigenvalue weighted by Crippen LogP contribution is -2.19. The van der Waals surface area contributed by atoms with Crippen molar-refractivity contribution in [3.05, 3.63) is 29.8 Å². The third-order valence-corrected chi connectivity index (χ3v) is 2.85. The van der Waals surface area contributed by atoms with Crippen LogP contribution in [0.4, 0.5) is 5.69 Å². The maximum atomic E-state index is 12.0. The minimum atomic E-state index is 0.262. The first-order chi connectivity index (χ1) is 7.70. The van der Waals surface area contributed by atoms with Crippen molar-refractivity contribution in [3.63, 3.8) is 0 Å². The third kappa shape index (κ3) is 3.09. The van der Waals surface area contributed by atoms with Crippen LogP contribution in [0.5, 0.6) is 0 Å². The predicted molar refractivity (Wildman–Crippen MR) is 69.2 cm³/mol. The number of carbonyl (C=O) groups excluding carboxylic acids is 1. The molecule has 0 aliphatic heterocycles. The monoisotopic (exact) mass is 219 g/mol. The molecule has 0 N–H and O–H groups in total. The molecule has 0 atom stereocenters. The first kappa shape index (κ1) is 12.8. The number of anilines is 1. The number of rotatable bonds is 6. The summed E-state index contributed by atoms with van der Waals surface area (Å²) in [6.45, 7) is 5.11. The van der Waals surface area contributed by atoms with Gasteiger partial charge < -0.3 is 4.90 Å². The van der Waals surface area contributed by atoms with E-state index in [-0.39, 0.29) is 5.78 Å². The number of nitrogens with zero attached hydrogens (tertiary/aromatic N) is 1. The molecule has 0 bridgehead atoms. The van der Waals surface area contributed by atoms with Gasteiger partial charge in [0, 0.05) is 31.3 Å². The van der Waals surface area contributed by atoms with Crippen LogP contribution >= 0.6 is 0 Å². The van der Waals surface area contributed by atoms with Gasteiger partial charge in [0.25, 0.3) is 0 Å². The molecule has 0 aliphatic carbocycles. The molecule has 0 amide bonds. The van der Waals surface area contributed by atoms with Crippen LogP contribution in [0.15, 0.2) is 24.3 Å². The van der Waals surface area contributed by atoms with Gasteiger partial charge in [0.1, 0.15) is 0 Å². The molecule has 1 aromatic rings. The van der Waals surface area contributed by atoms with Crippen LogP contribution in [0, 0.1) is 0 Å². The van der Waals surface area contributed by atoms with E-state index in [4.69, 9.17) is 0 Å². The topological polar surface area (TPSA) is 20.3 Å². The molecule has 0 heterocycles. The summed E-state index contributed by atoms with van der Waals surface area (Å²) < 4.78 is 0. The molecule has 0 saturated heterocycles. The van der Waals surface area contributed by atoms with E-state index in [0.717, 1.165) is 30.6 Å². The Hall–Kier alpha value is -1.31. The summed E-state index contributed by atoms with van der Waals surface area (Å²) in [5.41, 5.74) is 1.91. The highest BCUT2D eigenvalue weighted by molar-refractivity contribution is 6.01. The molecule has 0 aromatic heterocycles. The van der Waals surface area contributed by atoms with Gasteiger partial charge in [-0.1, -0.05) is 25.5 Å². The number of carbonyl (C=O) groups is 1. The lowest BCUT2D eigenvalue weighted by molar-refractivity contribution is 0.0980. The van der Waals surface area contributed by atoms with E-state index in [9.17, 15) is 4.79 Å². The Morgan fingerprint density at radius 3 is 2.56 bits per heavy atom. The average molecular weight is 219 g/mol. The van der Waals surface area contributed by atoms with Crippen molar-refractivity contribution in [3.8, 4) is 0 Å². The Bertz CT molecular complexity index is 346. The number of unbranched alkanes of at least 4 members (excludes halogenated alkanes) is 1. The Labute approximate surface area is 98.3 Å². The molecule has 1 aromatic carbocycles. The SMILES string of the molecule is CCCCC(=O)c1ccccc1N(C)CC. The smallest absolute Gasteiger partial charge is 0.164 e. The molecule has 0 saturated carbocycles. The molecule has 0 aliphatic rings. The van der Waals surface area contributed by atoms with Crippen LogP contribution in [0.2, 0.25) is 0 Å². The highest BCUT2D eigenvalue weighted by Gasteiger charge is 2.12. The summed E-state index contributed by atoms with van der Waals surface area (Å²) in [6, 6.07) is 7.87. The van der Waals surface area contributed by atoms with Crippen molar-refractivity contribution in [2.75, 3.05) is 18.5 Å². The fourth-order valence-electron chi connectivity index (χ4n) is 1.68. The van der Waals surface area contributed by atoms with Crippen molar-refractivity contribution in [1.82, 2.24) is 0 Å². The Kier molecular flexibility index (Phi) is 5.03. The van der Waals surface area contributed by atoms with E-state index in [0.29, 0.717) is 6.42 Å². The minimum absolute atomic E-state index is 0.262. The second kappa shape index (κ2) is 6.31. The first-order valence-electron chi connectivity index (χ1n) is 6.04. The number of benzene rings is 1. The number of hydrogen-bond donors (Lipinski definition) is 0. The Balaban J connectivity index is 2.89. The normalized spacial score (nSPS) is 10.2. The molecule has 88 valence electrons. The molecular weight excluding hydrogens is 198 g/mol. The lowest BCUT2D eigenvalue weighted by Gasteiger charge is -2.19. The van der Waals surface area contributed by atoms with Gasteiger partial charge >= 0.3 is 0 Å². The molecule has 1 rings (SSSR count). The maximum absolute atomic E-state index is 12.0. The summed E-state index contributed by atoms with van der Waals surface area (Å²) >= 11 is 0. The van der Waals surface area contributed by atoms with Gasteiger partial charge in [0.05, 0.1) is 0 Å². The number of hydrogen-bond acceptors (Lipinski definition) is 2. The van der Waals surface area contributed by atoms with Crippen LogP contribution in [0.1, 0.15) is 43.5 Å². The van der Waals surface area contributed by atoms with Gasteiger partial charge in [-0.15, -0.1) is 0 Å². The van der Waals surface area contributed by atoms with E-state index in [1.807, 2.05) is 31.3 Å². The predicted octanol–water partition coefficient (Wildman–Crippen LogP) is 3.52. The van der Waals surface area contributed by atoms with Crippen molar-refractivity contribution in [1.29, 1.82) is 0 Å². The van der Waals surface area contributed by atoms with E-state index >= 15 is 0 Å². The van der Waals surface area contributed by atoms with Gasteiger partial charge in [-0.05, 0) is 25.5 Å². The van der Waals surface area contributed by atoms with E-state index < -0.39 is 0 Å². The molecule has 0 spiro atoms. The summed E-state index contributed by atoms with van der Waals surface area (Å²) in [5.74, 6) is 0.262. The molecule has 0 radical (unpaired) electrons. The highest BCUT2D eigenvalue weighted by Crippen LogP contribution is 2.21. The standard InChI is InChI=1S/C14H21NO/c1-4-6-11-14(16)12-9-7-8-10-13(12)15(3)5-2/h7-10H,4-6,11H2,1-3H3. The lowest BCUT2D eigenvalue weighted by atomic mass is 10.0. The second-order valence-corrected chi connectivity index (χ2v) is 4.06. The zero-order valence-electron chi connectivity index (χ0n) is 10.5. The summed E-state index contributed by atoms with van der Waals surface area (Å²) in [4.78, 5) is 14.1. The Morgan fingerprint density at radius 2 is 1.94 bits per heavy atom. The summed E-state index contributed by atoms with van der Waals surface area (Å²) in [5, 5.41) is 0. The van der Waals surface area contributed by atoms with Crippen LogP contribution in [0.25, 0.3) is 0 Å². The quantitative estimate of drug-likeness (QED) is 0.682. The number of para-hydroxylation sites is 1. The van der Waals surface area contributed by atoms with Crippen LogP contribution in [-0.2, 0) is 0 Å². The van der Waals surface area contributed by atoms with Crippen molar-refractivity contribution >= 4 is 11.5 Å². The zero-order valence-corrected chi connectivity index (χ0v) is 10.5.